The molecule has 0 unspecified atom stereocenters. The molecule has 0 saturated carbocycles. The highest BCUT2D eigenvalue weighted by molar-refractivity contribution is 5.88. The number of benzene rings is 2. The summed E-state index contributed by atoms with van der Waals surface area (Å²) < 4.78 is 5.75. The molecular weight excluding hydrogens is 324 g/mol. The molecule has 2 rings (SSSR count). The number of hydrogen-bond donors (Lipinski definition) is 1. The molecule has 0 fully saturated rings. The monoisotopic (exact) mass is 348 g/mol. The smallest absolute Gasteiger partial charge is 0.335 e. The van der Waals surface area contributed by atoms with Gasteiger partial charge in [-0.1, -0.05) is 56.9 Å². The summed E-state index contributed by atoms with van der Waals surface area (Å²) in [4.78, 5) is 10.9. The lowest BCUT2D eigenvalue weighted by molar-refractivity contribution is 0.0697. The van der Waals surface area contributed by atoms with Crippen LogP contribution in [-0.2, 0) is 0 Å². The fourth-order valence-electron chi connectivity index (χ4n) is 2.44. The summed E-state index contributed by atoms with van der Waals surface area (Å²) in [5.41, 5.74) is 2.36. The van der Waals surface area contributed by atoms with Crippen LogP contribution in [0.25, 0.3) is 11.1 Å². The fraction of sp³-hybridized carbons (Fsp3) is 0.350. The van der Waals surface area contributed by atoms with Crippen molar-refractivity contribution in [2.45, 2.75) is 39.0 Å². The number of carboxylic acid groups (broad SMARTS) is 1. The minimum atomic E-state index is -0.903. The lowest BCUT2D eigenvalue weighted by Crippen LogP contribution is -1.97. The molecule has 24 heavy (non-hydrogen) atoms. The van der Waals surface area contributed by atoms with Crippen LogP contribution in [0.5, 0.6) is 5.75 Å². The summed E-state index contributed by atoms with van der Waals surface area (Å²) >= 11 is 0. The third-order valence-electron chi connectivity index (χ3n) is 3.84. The largest absolute Gasteiger partial charge is 0.494 e. The van der Waals surface area contributed by atoms with Crippen molar-refractivity contribution in [3.8, 4) is 16.9 Å². The van der Waals surface area contributed by atoms with E-state index in [2.05, 4.69) is 6.92 Å². The second-order valence-corrected chi connectivity index (χ2v) is 5.67. The molecule has 0 amide bonds. The summed E-state index contributed by atoms with van der Waals surface area (Å²) in [5, 5.41) is 8.92. The van der Waals surface area contributed by atoms with E-state index < -0.39 is 5.97 Å². The first kappa shape index (κ1) is 20.0. The molecule has 1 N–H and O–H groups in total. The zero-order valence-corrected chi connectivity index (χ0v) is 14.8. The molecule has 3 nitrogen and oxygen atoms in total. The van der Waals surface area contributed by atoms with Crippen molar-refractivity contribution in [1.29, 1.82) is 0 Å². The fourth-order valence-corrected chi connectivity index (χ4v) is 2.44. The van der Waals surface area contributed by atoms with Crippen LogP contribution in [0.4, 0.5) is 0 Å². The van der Waals surface area contributed by atoms with Gasteiger partial charge in [0.05, 0.1) is 12.2 Å². The van der Waals surface area contributed by atoms with Gasteiger partial charge in [-0.2, -0.15) is 0 Å². The SMILES string of the molecule is CCCCCCCOc1ccc(-c2ccc(C(=O)O)cc2)cc1.Cl. The van der Waals surface area contributed by atoms with Crippen LogP contribution >= 0.6 is 12.4 Å². The van der Waals surface area contributed by atoms with Crippen molar-refractivity contribution < 1.29 is 14.6 Å². The van der Waals surface area contributed by atoms with Gasteiger partial charge in [-0.15, -0.1) is 12.4 Å². The predicted octanol–water partition coefficient (Wildman–Crippen LogP) is 5.82. The highest BCUT2D eigenvalue weighted by Crippen LogP contribution is 2.23. The number of unbranched alkanes of at least 4 members (excludes halogenated alkanes) is 4. The van der Waals surface area contributed by atoms with E-state index in [1.54, 1.807) is 12.1 Å². The van der Waals surface area contributed by atoms with Crippen molar-refractivity contribution in [2.75, 3.05) is 6.61 Å². The van der Waals surface area contributed by atoms with Gasteiger partial charge in [-0.05, 0) is 41.8 Å². The lowest BCUT2D eigenvalue weighted by atomic mass is 10.0. The Morgan fingerprint density at radius 3 is 1.96 bits per heavy atom. The number of rotatable bonds is 9. The number of aromatic carboxylic acids is 1. The highest BCUT2D eigenvalue weighted by atomic mass is 35.5. The molecule has 0 aliphatic heterocycles. The molecule has 0 bridgehead atoms. The third kappa shape index (κ3) is 6.25. The van der Waals surface area contributed by atoms with Gasteiger partial charge in [0.15, 0.2) is 0 Å². The number of halogens is 1. The molecule has 0 heterocycles. The molecule has 0 spiro atoms. The maximum atomic E-state index is 10.9. The zero-order chi connectivity index (χ0) is 16.5. The van der Waals surface area contributed by atoms with Gasteiger partial charge in [-0.25, -0.2) is 4.79 Å². The number of carbonyl (C=O) groups is 1. The van der Waals surface area contributed by atoms with Gasteiger partial charge in [0.1, 0.15) is 5.75 Å². The minimum absolute atomic E-state index is 0. The van der Waals surface area contributed by atoms with E-state index in [0.29, 0.717) is 5.56 Å². The Balaban J connectivity index is 0.00000288. The number of ether oxygens (including phenoxy) is 1. The van der Waals surface area contributed by atoms with Gasteiger partial charge in [-0.3, -0.25) is 0 Å². The average Bonchev–Trinajstić information content (AvgIpc) is 2.58. The van der Waals surface area contributed by atoms with Crippen molar-refractivity contribution in [3.05, 3.63) is 54.1 Å². The Hall–Kier alpha value is -2.00. The van der Waals surface area contributed by atoms with Crippen molar-refractivity contribution >= 4 is 18.4 Å². The Morgan fingerprint density at radius 1 is 0.875 bits per heavy atom. The summed E-state index contributed by atoms with van der Waals surface area (Å²) in [6, 6.07) is 14.8. The van der Waals surface area contributed by atoms with Gasteiger partial charge in [0.25, 0.3) is 0 Å². The van der Waals surface area contributed by atoms with Crippen LogP contribution in [0.15, 0.2) is 48.5 Å². The Labute approximate surface area is 150 Å². The first-order chi connectivity index (χ1) is 11.2. The summed E-state index contributed by atoms with van der Waals surface area (Å²) in [6.07, 6.45) is 6.16. The van der Waals surface area contributed by atoms with E-state index in [1.165, 1.54) is 25.7 Å². The maximum Gasteiger partial charge on any atom is 0.335 e. The van der Waals surface area contributed by atoms with E-state index in [9.17, 15) is 4.79 Å². The van der Waals surface area contributed by atoms with Crippen LogP contribution in [-0.4, -0.2) is 17.7 Å². The van der Waals surface area contributed by atoms with Crippen LogP contribution in [0, 0.1) is 0 Å². The molecule has 0 aliphatic carbocycles. The maximum absolute atomic E-state index is 10.9. The van der Waals surface area contributed by atoms with E-state index in [4.69, 9.17) is 9.84 Å². The summed E-state index contributed by atoms with van der Waals surface area (Å²) in [5.74, 6) is -0.0226. The number of hydrogen-bond acceptors (Lipinski definition) is 2. The topological polar surface area (TPSA) is 46.5 Å². The van der Waals surface area contributed by atoms with Crippen molar-refractivity contribution in [3.63, 3.8) is 0 Å². The molecule has 2 aromatic rings. The number of carboxylic acids is 1. The van der Waals surface area contributed by atoms with E-state index in [0.717, 1.165) is 29.9 Å². The molecule has 4 heteroatoms. The molecule has 0 aliphatic rings. The molecule has 0 saturated heterocycles. The normalized spacial score (nSPS) is 10.0. The third-order valence-corrected chi connectivity index (χ3v) is 3.84. The predicted molar refractivity (Wildman–Crippen MR) is 100 cm³/mol. The lowest BCUT2D eigenvalue weighted by Gasteiger charge is -2.08. The summed E-state index contributed by atoms with van der Waals surface area (Å²) in [6.45, 7) is 2.98. The van der Waals surface area contributed by atoms with Crippen molar-refractivity contribution in [2.24, 2.45) is 0 Å². The van der Waals surface area contributed by atoms with Gasteiger partial charge >= 0.3 is 5.97 Å². The van der Waals surface area contributed by atoms with Crippen LogP contribution < -0.4 is 4.74 Å². The molecule has 2 aromatic carbocycles. The highest BCUT2D eigenvalue weighted by Gasteiger charge is 2.03. The quantitative estimate of drug-likeness (QED) is 0.580. The minimum Gasteiger partial charge on any atom is -0.494 e. The van der Waals surface area contributed by atoms with Crippen LogP contribution in [0.1, 0.15) is 49.4 Å². The Kier molecular flexibility index (Phi) is 8.95. The molecule has 130 valence electrons. The second-order valence-electron chi connectivity index (χ2n) is 5.67. The van der Waals surface area contributed by atoms with Crippen LogP contribution in [0.2, 0.25) is 0 Å². The second kappa shape index (κ2) is 10.7. The Bertz CT molecular complexity index is 606. The first-order valence-electron chi connectivity index (χ1n) is 8.27. The standard InChI is InChI=1S/C20H24O3.ClH/c1-2-3-4-5-6-15-23-19-13-11-17(12-14-19)16-7-9-18(10-8-16)20(21)22;/h7-14H,2-6,15H2,1H3,(H,21,22);1H. The Morgan fingerprint density at radius 2 is 1.42 bits per heavy atom. The van der Waals surface area contributed by atoms with Crippen LogP contribution in [0.3, 0.4) is 0 Å². The van der Waals surface area contributed by atoms with Crippen molar-refractivity contribution in [1.82, 2.24) is 0 Å². The van der Waals surface area contributed by atoms with E-state index in [-0.39, 0.29) is 12.4 Å². The molecular formula is C20H25ClO3. The molecule has 0 radical (unpaired) electrons. The molecule has 0 aromatic heterocycles. The van der Waals surface area contributed by atoms with Gasteiger partial charge in [0.2, 0.25) is 0 Å². The zero-order valence-electron chi connectivity index (χ0n) is 14.0. The van der Waals surface area contributed by atoms with E-state index >= 15 is 0 Å². The first-order valence-corrected chi connectivity index (χ1v) is 8.27. The molecule has 0 atom stereocenters. The summed E-state index contributed by atoms with van der Waals surface area (Å²) in [7, 11) is 0. The van der Waals surface area contributed by atoms with Gasteiger partial charge in [0, 0.05) is 0 Å². The average molecular weight is 349 g/mol. The van der Waals surface area contributed by atoms with Gasteiger partial charge < -0.3 is 9.84 Å². The van der Waals surface area contributed by atoms with E-state index in [1.807, 2.05) is 36.4 Å².